The number of benzene rings is 2. The summed E-state index contributed by atoms with van der Waals surface area (Å²) in [6, 6.07) is 15.8. The van der Waals surface area contributed by atoms with Crippen LogP contribution in [0.4, 0.5) is 5.69 Å². The smallest absolute Gasteiger partial charge is 0.247 e. The molecule has 1 N–H and O–H groups in total. The second-order valence-corrected chi connectivity index (χ2v) is 12.5. The summed E-state index contributed by atoms with van der Waals surface area (Å²) in [7, 11) is 0. The van der Waals surface area contributed by atoms with Crippen LogP contribution in [0.3, 0.4) is 0 Å². The van der Waals surface area contributed by atoms with Crippen molar-refractivity contribution in [2.75, 3.05) is 31.2 Å². The van der Waals surface area contributed by atoms with E-state index in [1.807, 2.05) is 85.8 Å². The van der Waals surface area contributed by atoms with E-state index in [0.29, 0.717) is 26.2 Å². The topological polar surface area (TPSA) is 90.4 Å². The highest BCUT2D eigenvalue weighted by atomic mass is 32.2. The Morgan fingerprint density at radius 1 is 1.00 bits per heavy atom. The number of nitrogens with zero attached hydrogens (tertiary/aromatic N) is 3. The van der Waals surface area contributed by atoms with Crippen LogP contribution in [-0.4, -0.2) is 81.0 Å². The van der Waals surface area contributed by atoms with Crippen LogP contribution in [0.1, 0.15) is 19.4 Å². The number of rotatable bonds is 7. The molecule has 0 aliphatic carbocycles. The maximum absolute atomic E-state index is 14.3. The highest BCUT2D eigenvalue weighted by Crippen LogP contribution is 2.61. The van der Waals surface area contributed by atoms with Crippen molar-refractivity contribution >= 4 is 35.2 Å². The van der Waals surface area contributed by atoms with Crippen molar-refractivity contribution in [3.8, 4) is 5.75 Å². The lowest BCUT2D eigenvalue weighted by atomic mass is 9.78. The van der Waals surface area contributed by atoms with Crippen molar-refractivity contribution in [2.45, 2.75) is 42.5 Å². The second kappa shape index (κ2) is 11.0. The maximum atomic E-state index is 14.3. The third kappa shape index (κ3) is 4.55. The number of likely N-dealkylation sites (tertiary alicyclic amines) is 1. The van der Waals surface area contributed by atoms with Crippen LogP contribution < -0.4 is 9.64 Å². The molecule has 41 heavy (non-hydrogen) atoms. The Balaban J connectivity index is 1.38. The minimum absolute atomic E-state index is 0.129. The van der Waals surface area contributed by atoms with Gasteiger partial charge in [0.15, 0.2) is 0 Å². The number of carbonyl (C=O) groups is 3. The number of thioether (sulfide) groups is 1. The molecule has 0 bridgehead atoms. The fourth-order valence-electron chi connectivity index (χ4n) is 6.75. The van der Waals surface area contributed by atoms with Crippen molar-refractivity contribution in [3.05, 3.63) is 84.5 Å². The molecule has 1 unspecified atom stereocenters. The Kier molecular flexibility index (Phi) is 7.42. The van der Waals surface area contributed by atoms with Crippen molar-refractivity contribution in [2.24, 2.45) is 11.8 Å². The van der Waals surface area contributed by atoms with Gasteiger partial charge in [0.1, 0.15) is 11.8 Å². The van der Waals surface area contributed by atoms with Crippen molar-refractivity contribution in [1.29, 1.82) is 0 Å². The lowest BCUT2D eigenvalue weighted by Crippen LogP contribution is -2.55. The normalized spacial score (nSPS) is 29.6. The molecule has 9 heteroatoms. The van der Waals surface area contributed by atoms with Gasteiger partial charge in [-0.05, 0) is 43.7 Å². The Hall–Kier alpha value is -3.56. The van der Waals surface area contributed by atoms with Gasteiger partial charge in [0.2, 0.25) is 17.7 Å². The molecule has 4 heterocycles. The third-order valence-corrected chi connectivity index (χ3v) is 10.3. The molecule has 2 aromatic rings. The summed E-state index contributed by atoms with van der Waals surface area (Å²) in [5, 5.41) is 9.91. The van der Waals surface area contributed by atoms with E-state index in [-0.39, 0.29) is 29.6 Å². The summed E-state index contributed by atoms with van der Waals surface area (Å²) in [5.74, 6) is -1.17. The number of aliphatic hydroxyl groups excluding tert-OH is 1. The van der Waals surface area contributed by atoms with Gasteiger partial charge in [0.05, 0.1) is 35.8 Å². The van der Waals surface area contributed by atoms with E-state index in [4.69, 9.17) is 4.74 Å². The van der Waals surface area contributed by atoms with Crippen LogP contribution in [0.5, 0.6) is 5.75 Å². The molecule has 2 fully saturated rings. The minimum atomic E-state index is -0.916. The van der Waals surface area contributed by atoms with Gasteiger partial charge in [0.25, 0.3) is 0 Å². The number of aliphatic hydroxyl groups is 1. The minimum Gasteiger partial charge on any atom is -0.494 e. The number of carbonyl (C=O) groups excluding carboxylic acids is 3. The summed E-state index contributed by atoms with van der Waals surface area (Å²) in [6.07, 6.45) is 8.00. The summed E-state index contributed by atoms with van der Waals surface area (Å²) >= 11 is 1.55. The first-order chi connectivity index (χ1) is 19.9. The van der Waals surface area contributed by atoms with Gasteiger partial charge in [-0.15, -0.1) is 11.8 Å². The van der Waals surface area contributed by atoms with Crippen molar-refractivity contribution in [1.82, 2.24) is 9.80 Å². The van der Waals surface area contributed by atoms with Crippen molar-refractivity contribution < 1.29 is 24.2 Å². The molecular weight excluding hydrogens is 538 g/mol. The molecule has 0 radical (unpaired) electrons. The van der Waals surface area contributed by atoms with Gasteiger partial charge in [-0.3, -0.25) is 14.4 Å². The average molecular weight is 574 g/mol. The van der Waals surface area contributed by atoms with E-state index in [2.05, 4.69) is 0 Å². The molecular formula is C32H35N3O5S. The van der Waals surface area contributed by atoms with Gasteiger partial charge < -0.3 is 24.5 Å². The Morgan fingerprint density at radius 2 is 1.76 bits per heavy atom. The lowest BCUT2D eigenvalue weighted by Gasteiger charge is -2.37. The first-order valence-corrected chi connectivity index (χ1v) is 15.1. The SMILES string of the molecule is CCOc1ccc(N2CC=C[C@@H]3S[C@]45C=CCN(Cc6ccccc6)C(=O)C4N([C@H](C)CO)C(=O)[C@@H]5[C@@H]3C2=O)cc1. The van der Waals surface area contributed by atoms with Gasteiger partial charge in [-0.25, -0.2) is 0 Å². The first-order valence-electron chi connectivity index (χ1n) is 14.2. The Morgan fingerprint density at radius 3 is 2.46 bits per heavy atom. The van der Waals surface area contributed by atoms with E-state index < -0.39 is 28.7 Å². The van der Waals surface area contributed by atoms with E-state index in [0.717, 1.165) is 17.0 Å². The summed E-state index contributed by atoms with van der Waals surface area (Å²) < 4.78 is 4.66. The number of ether oxygens (including phenoxy) is 1. The largest absolute Gasteiger partial charge is 0.494 e. The molecule has 3 amide bonds. The zero-order chi connectivity index (χ0) is 28.7. The summed E-state index contributed by atoms with van der Waals surface area (Å²) in [6.45, 7) is 5.19. The highest BCUT2D eigenvalue weighted by molar-refractivity contribution is 8.02. The Labute approximate surface area is 244 Å². The molecule has 0 saturated carbocycles. The van der Waals surface area contributed by atoms with Gasteiger partial charge in [0, 0.05) is 30.6 Å². The quantitative estimate of drug-likeness (QED) is 0.512. The monoisotopic (exact) mass is 573 g/mol. The predicted molar refractivity (Wildman–Crippen MR) is 158 cm³/mol. The van der Waals surface area contributed by atoms with Crippen LogP contribution >= 0.6 is 11.8 Å². The van der Waals surface area contributed by atoms with E-state index >= 15 is 0 Å². The molecule has 4 aliphatic heterocycles. The van der Waals surface area contributed by atoms with Gasteiger partial charge >= 0.3 is 0 Å². The number of hydrogen-bond donors (Lipinski definition) is 1. The van der Waals surface area contributed by atoms with Crippen LogP contribution in [-0.2, 0) is 20.9 Å². The molecule has 6 rings (SSSR count). The number of amides is 3. The number of anilines is 1. The molecule has 1 spiro atoms. The van der Waals surface area contributed by atoms with E-state index in [1.165, 1.54) is 0 Å². The molecule has 2 saturated heterocycles. The fourth-order valence-corrected chi connectivity index (χ4v) is 8.75. The summed E-state index contributed by atoms with van der Waals surface area (Å²) in [5.41, 5.74) is 1.74. The molecule has 0 aromatic heterocycles. The zero-order valence-electron chi connectivity index (χ0n) is 23.3. The number of hydrogen-bond acceptors (Lipinski definition) is 6. The van der Waals surface area contributed by atoms with Crippen LogP contribution in [0, 0.1) is 11.8 Å². The zero-order valence-corrected chi connectivity index (χ0v) is 24.1. The third-order valence-electron chi connectivity index (χ3n) is 8.59. The van der Waals surface area contributed by atoms with Crippen LogP contribution in [0.25, 0.3) is 0 Å². The fraction of sp³-hybridized carbons (Fsp3) is 0.406. The average Bonchev–Trinajstić information content (AvgIpc) is 3.31. The maximum Gasteiger partial charge on any atom is 0.247 e. The molecule has 8 nitrogen and oxygen atoms in total. The van der Waals surface area contributed by atoms with E-state index in [9.17, 15) is 19.5 Å². The molecule has 2 aromatic carbocycles. The van der Waals surface area contributed by atoms with Crippen LogP contribution in [0.2, 0.25) is 0 Å². The standard InChI is InChI=1S/C32H35N3O5S/c1-3-40-24-14-12-23(13-15-24)34-18-7-11-25-26(29(34)37)27-30(38)35(21(2)20-36)28-31(39)33(17-8-16-32(27,28)41-25)19-22-9-5-4-6-10-22/h4-16,21,25-28,36H,3,17-20H2,1-2H3/t21-,25+,26-,27+,28?,32+/m1/s1. The second-order valence-electron chi connectivity index (χ2n) is 11.0. The lowest BCUT2D eigenvalue weighted by molar-refractivity contribution is -0.145. The number of fused-ring (bicyclic) bond motifs is 2. The highest BCUT2D eigenvalue weighted by Gasteiger charge is 2.71. The molecule has 4 aliphatic rings. The first kappa shape index (κ1) is 27.6. The Bertz CT molecular complexity index is 1380. The molecule has 214 valence electrons. The molecule has 6 atom stereocenters. The van der Waals surface area contributed by atoms with Crippen molar-refractivity contribution in [3.63, 3.8) is 0 Å². The van der Waals surface area contributed by atoms with Gasteiger partial charge in [-0.1, -0.05) is 54.6 Å². The summed E-state index contributed by atoms with van der Waals surface area (Å²) in [4.78, 5) is 48.1. The van der Waals surface area contributed by atoms with Gasteiger partial charge in [-0.2, -0.15) is 0 Å². The van der Waals surface area contributed by atoms with Crippen LogP contribution in [0.15, 0.2) is 78.9 Å². The van der Waals surface area contributed by atoms with E-state index in [1.54, 1.807) is 33.4 Å². The predicted octanol–water partition coefficient (Wildman–Crippen LogP) is 3.26.